The number of carbonyl (C=O) groups excluding carboxylic acids is 5. The van der Waals surface area contributed by atoms with Crippen molar-refractivity contribution in [2.75, 3.05) is 19.6 Å². The Morgan fingerprint density at radius 3 is 2.17 bits per heavy atom. The minimum Gasteiger partial charge on any atom is -0.488 e. The van der Waals surface area contributed by atoms with Crippen molar-refractivity contribution in [3.63, 3.8) is 0 Å². The van der Waals surface area contributed by atoms with Gasteiger partial charge in [-0.2, -0.15) is 0 Å². The van der Waals surface area contributed by atoms with Gasteiger partial charge in [0.25, 0.3) is 10.0 Å². The molecule has 0 aromatic heterocycles. The highest BCUT2D eigenvalue weighted by Crippen LogP contribution is 2.43. The molecule has 384 valence electrons. The molecule has 20 heteroatoms. The van der Waals surface area contributed by atoms with Crippen LogP contribution >= 0.6 is 0 Å². The van der Waals surface area contributed by atoms with E-state index >= 15 is 0 Å². The van der Waals surface area contributed by atoms with Crippen molar-refractivity contribution in [3.8, 4) is 11.5 Å². The van der Waals surface area contributed by atoms with Crippen molar-refractivity contribution in [1.82, 2.24) is 20.7 Å². The van der Waals surface area contributed by atoms with Crippen LogP contribution in [0.1, 0.15) is 128 Å². The Labute approximate surface area is 407 Å². The van der Waals surface area contributed by atoms with E-state index < -0.39 is 99.3 Å². The second-order valence-electron chi connectivity index (χ2n) is 20.7. The van der Waals surface area contributed by atoms with Crippen LogP contribution in [0.3, 0.4) is 0 Å². The lowest BCUT2D eigenvalue weighted by atomic mass is 9.79. The second-order valence-corrected chi connectivity index (χ2v) is 22.4. The van der Waals surface area contributed by atoms with E-state index in [4.69, 9.17) is 36.4 Å². The zero-order valence-electron chi connectivity index (χ0n) is 42.3. The highest BCUT2D eigenvalue weighted by molar-refractivity contribution is 7.90. The molecular weight excluding hydrogens is 909 g/mol. The van der Waals surface area contributed by atoms with Crippen molar-refractivity contribution in [1.29, 1.82) is 0 Å². The fourth-order valence-corrected chi connectivity index (χ4v) is 10.3. The molecule has 2 heterocycles. The summed E-state index contributed by atoms with van der Waals surface area (Å²) in [6, 6.07) is 4.67. The highest BCUT2D eigenvalue weighted by atomic mass is 32.2. The van der Waals surface area contributed by atoms with Crippen LogP contribution in [0.15, 0.2) is 34.2 Å². The molecular formula is C49H76N8O11S. The highest BCUT2D eigenvalue weighted by Gasteiger charge is 2.40. The van der Waals surface area contributed by atoms with E-state index in [1.165, 1.54) is 0 Å². The van der Waals surface area contributed by atoms with Gasteiger partial charge < -0.3 is 46.5 Å². The number of Topliss-reactive ketones (excluding diaryl/α,β-unsaturated/α-hetero) is 1. The van der Waals surface area contributed by atoms with Crippen LogP contribution < -0.4 is 47.5 Å². The van der Waals surface area contributed by atoms with Gasteiger partial charge >= 0.3 is 5.97 Å². The van der Waals surface area contributed by atoms with E-state index in [-0.39, 0.29) is 49.5 Å². The zero-order valence-corrected chi connectivity index (χ0v) is 43.1. The standard InChI is InChI=1S/C49H76N8O11S/c1-28-29(2)43(30(3)35-26-49(10,11)67-41(28)35)69(63,64)57-46(51)53-22-14-16-36-45(62)54-27-39(59)55-37(25-40(60)66-48(7,8)9)38(58)24-32(23-31-17-19-33(20-18-31)65-47(4,5)6)42(68-52)34(44(61)56-36)15-12-13-21-50/h17-20,32,34,36-37,42H,12-16,21-27,50,52H2,1-11H3,(H,54,62)(H,55,59)(H,56,61)(H3,51,53,57)/t32-,34+,36?,37?,42?/m0/s1. The normalized spacial score (nSPS) is 21.8. The van der Waals surface area contributed by atoms with Gasteiger partial charge in [-0.3, -0.25) is 29.0 Å². The number of benzene rings is 2. The summed E-state index contributed by atoms with van der Waals surface area (Å²) in [5.41, 5.74) is 13.5. The fourth-order valence-electron chi connectivity index (χ4n) is 8.78. The Balaban J connectivity index is 1.65. The average Bonchev–Trinajstić information content (AvgIpc) is 3.56. The van der Waals surface area contributed by atoms with Gasteiger partial charge in [0.05, 0.1) is 35.9 Å². The maximum atomic E-state index is 14.6. The Bertz CT molecular complexity index is 2320. The molecule has 2 aliphatic heterocycles. The predicted molar refractivity (Wildman–Crippen MR) is 262 cm³/mol. The van der Waals surface area contributed by atoms with Crippen molar-refractivity contribution in [3.05, 3.63) is 52.1 Å². The number of ketones is 1. The molecule has 3 unspecified atom stereocenters. The number of nitrogens with one attached hydrogen (secondary N) is 4. The third-order valence-corrected chi connectivity index (χ3v) is 13.6. The van der Waals surface area contributed by atoms with Gasteiger partial charge in [-0.15, -0.1) is 0 Å². The Hall–Kier alpha value is -5.31. The molecule has 3 amide bonds. The molecule has 2 aliphatic rings. The number of nitrogens with two attached hydrogens (primary N) is 3. The minimum atomic E-state index is -4.19. The third-order valence-electron chi connectivity index (χ3n) is 11.9. The summed E-state index contributed by atoms with van der Waals surface area (Å²) >= 11 is 0. The molecule has 1 saturated heterocycles. The number of hydrogen-bond donors (Lipinski definition) is 7. The molecule has 0 saturated carbocycles. The summed E-state index contributed by atoms with van der Waals surface area (Å²) in [5.74, 6) is 1.85. The van der Waals surface area contributed by atoms with Gasteiger partial charge in [-0.05, 0) is 155 Å². The number of nitrogens with zero attached hydrogens (tertiary/aromatic N) is 1. The lowest BCUT2D eigenvalue weighted by Gasteiger charge is -2.33. The van der Waals surface area contributed by atoms with E-state index in [2.05, 4.69) is 25.7 Å². The van der Waals surface area contributed by atoms with Gasteiger partial charge in [0.15, 0.2) is 5.78 Å². The number of fused-ring (bicyclic) bond motifs is 1. The summed E-state index contributed by atoms with van der Waals surface area (Å²) in [4.78, 5) is 79.3. The van der Waals surface area contributed by atoms with E-state index in [9.17, 15) is 32.4 Å². The molecule has 69 heavy (non-hydrogen) atoms. The maximum Gasteiger partial charge on any atom is 0.308 e. The molecule has 0 radical (unpaired) electrons. The van der Waals surface area contributed by atoms with E-state index in [1.54, 1.807) is 46.8 Å². The number of guanidine groups is 1. The number of amides is 3. The molecule has 0 aliphatic carbocycles. The lowest BCUT2D eigenvalue weighted by molar-refractivity contribution is -0.156. The van der Waals surface area contributed by atoms with E-state index in [0.717, 1.165) is 11.1 Å². The molecule has 2 aromatic rings. The molecule has 2 aromatic carbocycles. The smallest absolute Gasteiger partial charge is 0.308 e. The quantitative estimate of drug-likeness (QED) is 0.0417. The van der Waals surface area contributed by atoms with Crippen molar-refractivity contribution in [2.24, 2.45) is 34.2 Å². The van der Waals surface area contributed by atoms with Crippen molar-refractivity contribution >= 4 is 45.5 Å². The maximum absolute atomic E-state index is 14.6. The molecule has 0 spiro atoms. The second kappa shape index (κ2) is 23.5. The number of carbonyl (C=O) groups is 5. The van der Waals surface area contributed by atoms with Gasteiger partial charge in [-0.1, -0.05) is 18.6 Å². The van der Waals surface area contributed by atoms with Crippen LogP contribution in [0.5, 0.6) is 11.5 Å². The first-order valence-electron chi connectivity index (χ1n) is 23.6. The molecule has 1 fully saturated rings. The average molecular weight is 985 g/mol. The Morgan fingerprint density at radius 2 is 1.57 bits per heavy atom. The first-order valence-corrected chi connectivity index (χ1v) is 25.1. The number of ether oxygens (including phenoxy) is 3. The molecule has 0 bridgehead atoms. The van der Waals surface area contributed by atoms with Crippen LogP contribution in [0.25, 0.3) is 0 Å². The van der Waals surface area contributed by atoms with Gasteiger partial charge in [0.1, 0.15) is 34.3 Å². The minimum absolute atomic E-state index is 0.0173. The van der Waals surface area contributed by atoms with Crippen LogP contribution in [-0.4, -0.2) is 98.5 Å². The summed E-state index contributed by atoms with van der Waals surface area (Å²) < 4.78 is 47.7. The lowest BCUT2D eigenvalue weighted by Crippen LogP contribution is -2.55. The van der Waals surface area contributed by atoms with Crippen LogP contribution in [-0.2, 0) is 56.4 Å². The number of sulfonamides is 1. The van der Waals surface area contributed by atoms with E-state index in [0.29, 0.717) is 54.0 Å². The summed E-state index contributed by atoms with van der Waals surface area (Å²) in [5, 5.41) is 7.99. The molecule has 4 rings (SSSR count). The van der Waals surface area contributed by atoms with Gasteiger partial charge in [0.2, 0.25) is 23.7 Å². The molecule has 10 N–H and O–H groups in total. The van der Waals surface area contributed by atoms with Crippen LogP contribution in [0, 0.1) is 32.6 Å². The SMILES string of the molecule is Cc1c(C)c(S(=O)(=O)NC(N)=NCCCC2NC(=O)[C@H](CCCCN)C(ON)[C@@H](Cc3ccc(OC(C)(C)C)cc3)CC(=O)C(CC(=O)OC(C)(C)C)NC(=O)CNC2=O)c(C)c2c1OC(C)(C)C2. The number of unbranched alkanes of at least 4 members (excludes halogenated alkanes) is 1. The zero-order chi connectivity index (χ0) is 51.6. The number of hydrogen-bond acceptors (Lipinski definition) is 14. The summed E-state index contributed by atoms with van der Waals surface area (Å²) in [7, 11) is -4.19. The first kappa shape index (κ1) is 56.3. The Kier molecular flexibility index (Phi) is 19.2. The van der Waals surface area contributed by atoms with E-state index in [1.807, 2.05) is 53.7 Å². The number of rotatable bonds is 16. The number of aliphatic imine (C=N–C) groups is 1. The van der Waals surface area contributed by atoms with Crippen molar-refractivity contribution < 1.29 is 51.4 Å². The Morgan fingerprint density at radius 1 is 0.899 bits per heavy atom. The third kappa shape index (κ3) is 16.4. The predicted octanol–water partition coefficient (Wildman–Crippen LogP) is 3.53. The molecule has 5 atom stereocenters. The molecule has 19 nitrogen and oxygen atoms in total. The summed E-state index contributed by atoms with van der Waals surface area (Å²) in [6.07, 6.45) is 0.187. The van der Waals surface area contributed by atoms with Crippen molar-refractivity contribution in [2.45, 2.75) is 174 Å². The van der Waals surface area contributed by atoms with Crippen LogP contribution in [0.4, 0.5) is 0 Å². The number of esters is 1. The summed E-state index contributed by atoms with van der Waals surface area (Å²) in [6.45, 7) is 19.6. The van der Waals surface area contributed by atoms with Gasteiger partial charge in [-0.25, -0.2) is 19.0 Å². The fraction of sp³-hybridized carbons (Fsp3) is 0.633. The largest absolute Gasteiger partial charge is 0.488 e. The monoisotopic (exact) mass is 985 g/mol. The first-order chi connectivity index (χ1) is 32.0. The van der Waals surface area contributed by atoms with Crippen LogP contribution in [0.2, 0.25) is 0 Å². The van der Waals surface area contributed by atoms with Gasteiger partial charge in [0, 0.05) is 24.9 Å². The topological polar surface area (TPSA) is 295 Å².